The lowest BCUT2D eigenvalue weighted by Crippen LogP contribution is -2.08. The minimum absolute atomic E-state index is 0.143. The molecule has 1 aliphatic rings. The first-order chi connectivity index (χ1) is 8.15. The Morgan fingerprint density at radius 3 is 2.76 bits per heavy atom. The second kappa shape index (κ2) is 4.82. The standard InChI is InChI=1S/C13H14N2O2/c1-9-8-11(4-7-13(9)17)15-14-10-2-5-12(16)6-3-10/h2,4-5,7-8,15,17H,3,6H2,1H3. The van der Waals surface area contributed by atoms with Crippen molar-refractivity contribution in [2.45, 2.75) is 19.8 Å². The van der Waals surface area contributed by atoms with Crippen molar-refractivity contribution in [2.24, 2.45) is 5.10 Å². The number of allylic oxidation sites excluding steroid dienone is 2. The number of phenols is 1. The van der Waals surface area contributed by atoms with Crippen LogP contribution in [0.5, 0.6) is 5.75 Å². The molecule has 0 bridgehead atoms. The Morgan fingerprint density at radius 2 is 2.12 bits per heavy atom. The van der Waals surface area contributed by atoms with E-state index in [0.717, 1.165) is 17.0 Å². The molecule has 0 saturated heterocycles. The van der Waals surface area contributed by atoms with Crippen molar-refractivity contribution in [3.8, 4) is 5.75 Å². The van der Waals surface area contributed by atoms with Gasteiger partial charge in [0.15, 0.2) is 5.78 Å². The van der Waals surface area contributed by atoms with E-state index in [2.05, 4.69) is 10.5 Å². The maximum Gasteiger partial charge on any atom is 0.156 e. The van der Waals surface area contributed by atoms with Crippen molar-refractivity contribution in [3.63, 3.8) is 0 Å². The van der Waals surface area contributed by atoms with Crippen LogP contribution in [0.15, 0.2) is 35.5 Å². The Morgan fingerprint density at radius 1 is 1.29 bits per heavy atom. The number of ketones is 1. The van der Waals surface area contributed by atoms with Crippen molar-refractivity contribution in [1.82, 2.24) is 0 Å². The maximum atomic E-state index is 11.0. The summed E-state index contributed by atoms with van der Waals surface area (Å²) in [6.07, 6.45) is 4.46. The lowest BCUT2D eigenvalue weighted by Gasteiger charge is -2.07. The number of hydrogen-bond donors (Lipinski definition) is 2. The van der Waals surface area contributed by atoms with Crippen LogP contribution < -0.4 is 5.43 Å². The molecule has 0 radical (unpaired) electrons. The zero-order valence-electron chi connectivity index (χ0n) is 9.60. The number of nitrogens with zero attached hydrogens (tertiary/aromatic N) is 1. The first-order valence-corrected chi connectivity index (χ1v) is 5.48. The summed E-state index contributed by atoms with van der Waals surface area (Å²) < 4.78 is 0. The van der Waals surface area contributed by atoms with E-state index < -0.39 is 0 Å². The molecule has 0 saturated carbocycles. The predicted molar refractivity (Wildman–Crippen MR) is 67.3 cm³/mol. The topological polar surface area (TPSA) is 61.7 Å². The van der Waals surface area contributed by atoms with E-state index in [0.29, 0.717) is 12.8 Å². The number of aromatic hydroxyl groups is 1. The zero-order chi connectivity index (χ0) is 12.3. The van der Waals surface area contributed by atoms with Gasteiger partial charge in [0.25, 0.3) is 0 Å². The zero-order valence-corrected chi connectivity index (χ0v) is 9.60. The SMILES string of the molecule is Cc1cc(NN=C2C=CC(=O)CC2)ccc1O. The van der Waals surface area contributed by atoms with Crippen LogP contribution >= 0.6 is 0 Å². The summed E-state index contributed by atoms with van der Waals surface area (Å²) in [6.45, 7) is 1.83. The van der Waals surface area contributed by atoms with Gasteiger partial charge in [0.2, 0.25) is 0 Å². The van der Waals surface area contributed by atoms with Crippen LogP contribution in [-0.2, 0) is 4.79 Å². The van der Waals surface area contributed by atoms with Crippen molar-refractivity contribution >= 4 is 17.2 Å². The van der Waals surface area contributed by atoms with Gasteiger partial charge in [-0.25, -0.2) is 0 Å². The van der Waals surface area contributed by atoms with E-state index in [-0.39, 0.29) is 11.5 Å². The Kier molecular flexibility index (Phi) is 3.23. The Labute approximate surface area is 99.7 Å². The van der Waals surface area contributed by atoms with E-state index in [9.17, 15) is 9.90 Å². The van der Waals surface area contributed by atoms with Crippen LogP contribution in [0.1, 0.15) is 18.4 Å². The van der Waals surface area contributed by atoms with Crippen LogP contribution in [0.2, 0.25) is 0 Å². The summed E-state index contributed by atoms with van der Waals surface area (Å²) in [7, 11) is 0. The maximum absolute atomic E-state index is 11.0. The fourth-order valence-corrected chi connectivity index (χ4v) is 1.56. The van der Waals surface area contributed by atoms with Gasteiger partial charge < -0.3 is 5.11 Å². The molecule has 2 rings (SSSR count). The summed E-state index contributed by atoms with van der Waals surface area (Å²) in [5.74, 6) is 0.413. The fraction of sp³-hybridized carbons (Fsp3) is 0.231. The summed E-state index contributed by atoms with van der Waals surface area (Å²) in [5, 5.41) is 13.6. The van der Waals surface area contributed by atoms with Crippen LogP contribution in [0.3, 0.4) is 0 Å². The van der Waals surface area contributed by atoms with Crippen molar-refractivity contribution in [1.29, 1.82) is 0 Å². The second-order valence-electron chi connectivity index (χ2n) is 4.02. The third kappa shape index (κ3) is 2.93. The van der Waals surface area contributed by atoms with Gasteiger partial charge in [-0.2, -0.15) is 5.10 Å². The molecular weight excluding hydrogens is 216 g/mol. The van der Waals surface area contributed by atoms with Crippen molar-refractivity contribution < 1.29 is 9.90 Å². The van der Waals surface area contributed by atoms with Gasteiger partial charge in [-0.05, 0) is 49.3 Å². The predicted octanol–water partition coefficient (Wildman–Crippen LogP) is 2.39. The molecule has 4 nitrogen and oxygen atoms in total. The quantitative estimate of drug-likeness (QED) is 0.605. The number of anilines is 1. The molecule has 0 aliphatic heterocycles. The summed E-state index contributed by atoms with van der Waals surface area (Å²) in [4.78, 5) is 11.0. The molecule has 2 N–H and O–H groups in total. The molecule has 0 heterocycles. The van der Waals surface area contributed by atoms with Crippen LogP contribution in [-0.4, -0.2) is 16.6 Å². The average molecular weight is 230 g/mol. The second-order valence-corrected chi connectivity index (χ2v) is 4.02. The number of hydrogen-bond acceptors (Lipinski definition) is 4. The van der Waals surface area contributed by atoms with E-state index in [1.54, 1.807) is 24.3 Å². The molecule has 0 spiro atoms. The third-order valence-corrected chi connectivity index (χ3v) is 2.61. The largest absolute Gasteiger partial charge is 0.508 e. The Hall–Kier alpha value is -2.10. The number of aryl methyl sites for hydroxylation is 1. The van der Waals surface area contributed by atoms with Gasteiger partial charge >= 0.3 is 0 Å². The molecule has 0 amide bonds. The van der Waals surface area contributed by atoms with E-state index in [1.165, 1.54) is 0 Å². The number of benzene rings is 1. The van der Waals surface area contributed by atoms with Gasteiger partial charge in [0.05, 0.1) is 11.4 Å². The van der Waals surface area contributed by atoms with Crippen LogP contribution in [0.25, 0.3) is 0 Å². The Bertz CT molecular complexity index is 504. The molecule has 17 heavy (non-hydrogen) atoms. The number of hydrazone groups is 1. The molecule has 0 aromatic heterocycles. The molecule has 0 unspecified atom stereocenters. The number of carbonyl (C=O) groups is 1. The van der Waals surface area contributed by atoms with Crippen LogP contribution in [0.4, 0.5) is 5.69 Å². The molecule has 0 atom stereocenters. The van der Waals surface area contributed by atoms with E-state index in [4.69, 9.17) is 0 Å². The molecule has 1 aromatic rings. The summed E-state index contributed by atoms with van der Waals surface area (Å²) in [6, 6.07) is 5.19. The molecule has 4 heteroatoms. The highest BCUT2D eigenvalue weighted by atomic mass is 16.3. The van der Waals surface area contributed by atoms with Gasteiger partial charge in [0.1, 0.15) is 5.75 Å². The first kappa shape index (κ1) is 11.4. The fourth-order valence-electron chi connectivity index (χ4n) is 1.56. The number of nitrogens with one attached hydrogen (secondary N) is 1. The smallest absolute Gasteiger partial charge is 0.156 e. The van der Waals surface area contributed by atoms with Gasteiger partial charge in [-0.1, -0.05) is 0 Å². The minimum atomic E-state index is 0.143. The molecule has 1 aromatic carbocycles. The molecular formula is C13H14N2O2. The normalized spacial score (nSPS) is 17.5. The van der Waals surface area contributed by atoms with Gasteiger partial charge in [-0.15, -0.1) is 0 Å². The first-order valence-electron chi connectivity index (χ1n) is 5.48. The lowest BCUT2D eigenvalue weighted by molar-refractivity contribution is -0.114. The van der Waals surface area contributed by atoms with E-state index >= 15 is 0 Å². The lowest BCUT2D eigenvalue weighted by atomic mass is 10.1. The highest BCUT2D eigenvalue weighted by molar-refractivity contribution is 6.07. The highest BCUT2D eigenvalue weighted by Crippen LogP contribution is 2.20. The molecule has 0 fully saturated rings. The van der Waals surface area contributed by atoms with Crippen molar-refractivity contribution in [2.75, 3.05) is 5.43 Å². The van der Waals surface area contributed by atoms with Gasteiger partial charge in [-0.3, -0.25) is 10.2 Å². The van der Waals surface area contributed by atoms with Crippen LogP contribution in [0, 0.1) is 6.92 Å². The van der Waals surface area contributed by atoms with Gasteiger partial charge in [0, 0.05) is 6.42 Å². The van der Waals surface area contributed by atoms with Crippen molar-refractivity contribution in [3.05, 3.63) is 35.9 Å². The Balaban J connectivity index is 2.06. The average Bonchev–Trinajstić information content (AvgIpc) is 2.33. The number of carbonyl (C=O) groups excluding carboxylic acids is 1. The molecule has 1 aliphatic carbocycles. The third-order valence-electron chi connectivity index (χ3n) is 2.61. The monoisotopic (exact) mass is 230 g/mol. The molecule has 88 valence electrons. The number of phenolic OH excluding ortho intramolecular Hbond substituents is 1. The minimum Gasteiger partial charge on any atom is -0.508 e. The summed E-state index contributed by atoms with van der Waals surface area (Å²) in [5.41, 5.74) is 5.38. The number of rotatable bonds is 2. The highest BCUT2D eigenvalue weighted by Gasteiger charge is 2.07. The summed E-state index contributed by atoms with van der Waals surface area (Å²) >= 11 is 0. The van der Waals surface area contributed by atoms with E-state index in [1.807, 2.05) is 13.0 Å².